The molecule has 2 N–H and O–H groups in total. The molecule has 0 unspecified atom stereocenters. The fourth-order valence-electron chi connectivity index (χ4n) is 1.34. The van der Waals surface area contributed by atoms with Gasteiger partial charge in [-0.2, -0.15) is 0 Å². The first-order valence-corrected chi connectivity index (χ1v) is 7.27. The second-order valence-electron chi connectivity index (χ2n) is 3.67. The Morgan fingerprint density at radius 1 is 1.39 bits per heavy atom. The predicted molar refractivity (Wildman–Crippen MR) is 70.1 cm³/mol. The largest absolute Gasteiger partial charge is 0.383 e. The second kappa shape index (κ2) is 7.30. The van der Waals surface area contributed by atoms with Crippen molar-refractivity contribution in [3.63, 3.8) is 0 Å². The van der Waals surface area contributed by atoms with Gasteiger partial charge in [0.1, 0.15) is 10.7 Å². The molecule has 0 aliphatic heterocycles. The van der Waals surface area contributed by atoms with Crippen LogP contribution in [0.5, 0.6) is 0 Å². The first-order valence-electron chi connectivity index (χ1n) is 5.79. The lowest BCUT2D eigenvalue weighted by atomic mass is 10.4. The lowest BCUT2D eigenvalue weighted by Gasteiger charge is -2.11. The number of rotatable bonds is 8. The minimum Gasteiger partial charge on any atom is -0.383 e. The molecule has 1 heterocycles. The van der Waals surface area contributed by atoms with Gasteiger partial charge in [-0.1, -0.05) is 6.92 Å². The number of hydrogen-bond donors (Lipinski definition) is 2. The summed E-state index contributed by atoms with van der Waals surface area (Å²) < 4.78 is 31.4. The molecule has 1 aromatic rings. The molecule has 0 amide bonds. The summed E-state index contributed by atoms with van der Waals surface area (Å²) in [5.74, 6) is 0.379. The normalized spacial score (nSPS) is 11.4. The number of nitrogens with zero attached hydrogens (tertiary/aromatic N) is 1. The summed E-state index contributed by atoms with van der Waals surface area (Å²) in [6.07, 6.45) is 2.46. The molecular weight excluding hydrogens is 254 g/mol. The van der Waals surface area contributed by atoms with Gasteiger partial charge >= 0.3 is 0 Å². The van der Waals surface area contributed by atoms with Crippen molar-refractivity contribution < 1.29 is 13.2 Å². The molecule has 0 saturated carbocycles. The Morgan fingerprint density at radius 2 is 2.17 bits per heavy atom. The summed E-state index contributed by atoms with van der Waals surface area (Å²) >= 11 is 0. The fraction of sp³-hybridized carbons (Fsp3) is 0.545. The van der Waals surface area contributed by atoms with Crippen molar-refractivity contribution in [1.29, 1.82) is 0 Å². The molecule has 0 fully saturated rings. The van der Waals surface area contributed by atoms with Crippen LogP contribution in [0.1, 0.15) is 13.3 Å². The van der Waals surface area contributed by atoms with E-state index in [1.807, 2.05) is 6.92 Å². The minimum atomic E-state index is -3.55. The first-order chi connectivity index (χ1) is 8.61. The van der Waals surface area contributed by atoms with Crippen molar-refractivity contribution in [1.82, 2.24) is 9.71 Å². The van der Waals surface area contributed by atoms with E-state index in [0.717, 1.165) is 6.42 Å². The Labute approximate surface area is 108 Å². The average Bonchev–Trinajstić information content (AvgIpc) is 2.37. The van der Waals surface area contributed by atoms with Crippen molar-refractivity contribution in [2.75, 3.05) is 32.1 Å². The highest BCUT2D eigenvalue weighted by Gasteiger charge is 2.18. The number of sulfonamides is 1. The number of anilines is 1. The molecule has 0 saturated heterocycles. The third-order valence-electron chi connectivity index (χ3n) is 2.20. The molecular formula is C11H19N3O3S. The predicted octanol–water partition coefficient (Wildman–Crippen LogP) is 0.828. The molecule has 0 spiro atoms. The number of ether oxygens (including phenoxy) is 1. The molecule has 0 bridgehead atoms. The number of aromatic nitrogens is 1. The Bertz CT molecular complexity index is 462. The fourth-order valence-corrected chi connectivity index (χ4v) is 2.48. The van der Waals surface area contributed by atoms with Gasteiger partial charge in [0, 0.05) is 26.4 Å². The Balaban J connectivity index is 2.86. The van der Waals surface area contributed by atoms with Crippen LogP contribution in [0.15, 0.2) is 23.2 Å². The quantitative estimate of drug-likeness (QED) is 0.686. The van der Waals surface area contributed by atoms with Gasteiger partial charge in [-0.25, -0.2) is 18.1 Å². The number of nitrogens with one attached hydrogen (secondary N) is 2. The van der Waals surface area contributed by atoms with Crippen molar-refractivity contribution in [2.24, 2.45) is 0 Å². The zero-order valence-corrected chi connectivity index (χ0v) is 11.5. The average molecular weight is 273 g/mol. The summed E-state index contributed by atoms with van der Waals surface area (Å²) in [5.41, 5.74) is 0. The number of hydrogen-bond acceptors (Lipinski definition) is 5. The third-order valence-corrected chi connectivity index (χ3v) is 3.69. The first kappa shape index (κ1) is 14.9. The highest BCUT2D eigenvalue weighted by Crippen LogP contribution is 2.17. The van der Waals surface area contributed by atoms with E-state index < -0.39 is 10.0 Å². The Hall–Kier alpha value is -1.18. The molecule has 0 radical (unpaired) electrons. The van der Waals surface area contributed by atoms with Gasteiger partial charge in [-0.3, -0.25) is 0 Å². The van der Waals surface area contributed by atoms with Crippen molar-refractivity contribution >= 4 is 15.8 Å². The summed E-state index contributed by atoms with van der Waals surface area (Å²) in [5, 5.41) is 3.00. The van der Waals surface area contributed by atoms with Crippen molar-refractivity contribution in [3.8, 4) is 0 Å². The summed E-state index contributed by atoms with van der Waals surface area (Å²) in [6, 6.07) is 3.13. The highest BCUT2D eigenvalue weighted by molar-refractivity contribution is 7.89. The van der Waals surface area contributed by atoms with Crippen LogP contribution >= 0.6 is 0 Å². The monoisotopic (exact) mass is 273 g/mol. The van der Waals surface area contributed by atoms with Crippen LogP contribution in [0.25, 0.3) is 0 Å². The maximum absolute atomic E-state index is 12.0. The van der Waals surface area contributed by atoms with Crippen LogP contribution in [0.2, 0.25) is 0 Å². The van der Waals surface area contributed by atoms with Crippen molar-refractivity contribution in [3.05, 3.63) is 18.3 Å². The van der Waals surface area contributed by atoms with Crippen LogP contribution in [-0.2, 0) is 14.8 Å². The van der Waals surface area contributed by atoms with E-state index in [-0.39, 0.29) is 11.4 Å². The van der Waals surface area contributed by atoms with Gasteiger partial charge < -0.3 is 10.1 Å². The summed E-state index contributed by atoms with van der Waals surface area (Å²) in [7, 11) is -2.03. The van der Waals surface area contributed by atoms with Crippen LogP contribution in [-0.4, -0.2) is 40.2 Å². The van der Waals surface area contributed by atoms with Gasteiger partial charge in [0.15, 0.2) is 0 Å². The van der Waals surface area contributed by atoms with E-state index in [2.05, 4.69) is 15.0 Å². The number of pyridine rings is 1. The summed E-state index contributed by atoms with van der Waals surface area (Å²) in [6.45, 7) is 3.25. The zero-order chi connectivity index (χ0) is 13.4. The van der Waals surface area contributed by atoms with E-state index >= 15 is 0 Å². The maximum atomic E-state index is 12.0. The Morgan fingerprint density at radius 3 is 2.83 bits per heavy atom. The van der Waals surface area contributed by atoms with Crippen LogP contribution in [0.4, 0.5) is 5.82 Å². The van der Waals surface area contributed by atoms with Gasteiger partial charge in [0.05, 0.1) is 6.61 Å². The lowest BCUT2D eigenvalue weighted by Crippen LogP contribution is -2.28. The molecule has 1 aromatic heterocycles. The van der Waals surface area contributed by atoms with Crippen molar-refractivity contribution in [2.45, 2.75) is 18.2 Å². The number of methoxy groups -OCH3 is 1. The molecule has 0 aromatic carbocycles. The lowest BCUT2D eigenvalue weighted by molar-refractivity contribution is 0.204. The molecule has 6 nitrogen and oxygen atoms in total. The smallest absolute Gasteiger partial charge is 0.244 e. The molecule has 102 valence electrons. The highest BCUT2D eigenvalue weighted by atomic mass is 32.2. The molecule has 0 aliphatic carbocycles. The van der Waals surface area contributed by atoms with E-state index in [1.54, 1.807) is 12.3 Å². The van der Waals surface area contributed by atoms with E-state index in [4.69, 9.17) is 4.74 Å². The Kier molecular flexibility index (Phi) is 6.03. The topological polar surface area (TPSA) is 80.3 Å². The molecule has 1 rings (SSSR count). The second-order valence-corrected chi connectivity index (χ2v) is 5.40. The molecule has 0 aliphatic rings. The standard InChI is InChI=1S/C11H19N3O3S/c1-3-6-12-11-10(5-4-7-13-11)18(15,16)14-8-9-17-2/h4-5,7,14H,3,6,8-9H2,1-2H3,(H,12,13). The molecule has 18 heavy (non-hydrogen) atoms. The van der Waals surface area contributed by atoms with E-state index in [9.17, 15) is 8.42 Å². The maximum Gasteiger partial charge on any atom is 0.244 e. The molecule has 0 atom stereocenters. The third kappa shape index (κ3) is 4.25. The van der Waals surface area contributed by atoms with Gasteiger partial charge in [-0.15, -0.1) is 0 Å². The molecule has 7 heteroatoms. The zero-order valence-electron chi connectivity index (χ0n) is 10.6. The van der Waals surface area contributed by atoms with Gasteiger partial charge in [0.2, 0.25) is 10.0 Å². The van der Waals surface area contributed by atoms with Crippen LogP contribution in [0.3, 0.4) is 0 Å². The van der Waals surface area contributed by atoms with E-state index in [1.165, 1.54) is 13.2 Å². The SMILES string of the molecule is CCCNc1ncccc1S(=O)(=O)NCCOC. The van der Waals surface area contributed by atoms with E-state index in [0.29, 0.717) is 19.0 Å². The van der Waals surface area contributed by atoms with Gasteiger partial charge in [-0.05, 0) is 18.6 Å². The van der Waals surface area contributed by atoms with Crippen LogP contribution in [0, 0.1) is 0 Å². The van der Waals surface area contributed by atoms with Crippen LogP contribution < -0.4 is 10.0 Å². The van der Waals surface area contributed by atoms with Gasteiger partial charge in [0.25, 0.3) is 0 Å². The minimum absolute atomic E-state index is 0.162. The summed E-state index contributed by atoms with van der Waals surface area (Å²) in [4.78, 5) is 4.21.